The van der Waals surface area contributed by atoms with Crippen LogP contribution in [0, 0.1) is 0 Å². The summed E-state index contributed by atoms with van der Waals surface area (Å²) in [6.07, 6.45) is 4.27. The number of ether oxygens (including phenoxy) is 1. The van der Waals surface area contributed by atoms with Crippen LogP contribution in [0.25, 0.3) is 5.76 Å². The number of carbonyl (C=O) groups excluding carboxylic acids is 1. The summed E-state index contributed by atoms with van der Waals surface area (Å²) in [5.41, 5.74) is 0.791. The fraction of sp³-hybridized carbons (Fsp3) is 0.519. The molecule has 1 aliphatic rings. The lowest BCUT2D eigenvalue weighted by atomic mass is 9.99. The summed E-state index contributed by atoms with van der Waals surface area (Å²) < 4.78 is 5.21. The lowest BCUT2D eigenvalue weighted by molar-refractivity contribution is -0.127. The van der Waals surface area contributed by atoms with Crippen molar-refractivity contribution in [2.45, 2.75) is 58.2 Å². The summed E-state index contributed by atoms with van der Waals surface area (Å²) in [4.78, 5) is 18.5. The van der Waals surface area contributed by atoms with Crippen LogP contribution in [0.2, 0.25) is 0 Å². The number of unbranched alkanes of at least 4 members (excludes halogenated alkanes) is 2. The second kappa shape index (κ2) is 13.0. The molecule has 0 spiro atoms. The third-order valence-corrected chi connectivity index (χ3v) is 7.32. The van der Waals surface area contributed by atoms with Gasteiger partial charge in [0.25, 0.3) is 0 Å². The quantitative estimate of drug-likeness (QED) is 0.297. The molecule has 1 aromatic carbocycles. The second-order valence-electron chi connectivity index (χ2n) is 8.79. The lowest BCUT2D eigenvalue weighted by Gasteiger charge is -2.28. The molecule has 34 heavy (non-hydrogen) atoms. The first-order valence-corrected chi connectivity index (χ1v) is 13.2. The van der Waals surface area contributed by atoms with Crippen molar-refractivity contribution in [3.8, 4) is 5.75 Å². The van der Waals surface area contributed by atoms with Crippen molar-refractivity contribution >= 4 is 22.9 Å². The molecule has 0 aliphatic carbocycles. The number of nitrogens with zero attached hydrogens (tertiary/aromatic N) is 2. The van der Waals surface area contributed by atoms with Gasteiger partial charge in [-0.3, -0.25) is 9.69 Å². The van der Waals surface area contributed by atoms with Gasteiger partial charge in [-0.1, -0.05) is 32.8 Å². The standard InChI is InChI=1S/C27H38N2O4S/c1-4-6-15-28(16-7-5-2)17-9-18-29-24(22-10-8-19-34-22)23(26(31)27(29)32)25(30)20-11-13-21(33-3)14-12-20/h8,10-14,19,24,27,30,32H,4-7,9,15-18H2,1-3H3/t24-,27-/m1/s1. The number of likely N-dealkylation sites (tertiary alicyclic amines) is 1. The molecule has 1 fully saturated rings. The molecule has 0 amide bonds. The fourth-order valence-electron chi connectivity index (χ4n) is 4.46. The summed E-state index contributed by atoms with van der Waals surface area (Å²) in [7, 11) is 1.58. The number of thiophene rings is 1. The predicted octanol–water partition coefficient (Wildman–Crippen LogP) is 5.26. The molecule has 7 heteroatoms. The minimum Gasteiger partial charge on any atom is -0.507 e. The molecule has 1 aliphatic heterocycles. The Labute approximate surface area is 207 Å². The van der Waals surface area contributed by atoms with Crippen LogP contribution in [-0.2, 0) is 4.79 Å². The number of hydrogen-bond donors (Lipinski definition) is 2. The summed E-state index contributed by atoms with van der Waals surface area (Å²) in [6, 6.07) is 10.4. The Hall–Kier alpha value is -2.19. The van der Waals surface area contributed by atoms with Crippen LogP contribution in [0.4, 0.5) is 0 Å². The van der Waals surface area contributed by atoms with Crippen LogP contribution in [0.1, 0.15) is 62.4 Å². The maximum atomic E-state index is 13.2. The molecule has 0 radical (unpaired) electrons. The number of methoxy groups -OCH3 is 1. The van der Waals surface area contributed by atoms with E-state index in [1.165, 1.54) is 37.0 Å². The van der Waals surface area contributed by atoms with E-state index < -0.39 is 18.1 Å². The third kappa shape index (κ3) is 6.27. The molecule has 2 atom stereocenters. The Morgan fingerprint density at radius 1 is 1.06 bits per heavy atom. The van der Waals surface area contributed by atoms with Gasteiger partial charge in [0.05, 0.1) is 18.7 Å². The molecule has 6 nitrogen and oxygen atoms in total. The number of rotatable bonds is 13. The number of benzene rings is 1. The number of aliphatic hydroxyl groups excluding tert-OH is 2. The molecule has 2 aromatic rings. The Kier molecular flexibility index (Phi) is 10.1. The van der Waals surface area contributed by atoms with Crippen molar-refractivity contribution in [1.29, 1.82) is 0 Å². The van der Waals surface area contributed by atoms with E-state index in [1.54, 1.807) is 31.4 Å². The van der Waals surface area contributed by atoms with Crippen LogP contribution in [0.5, 0.6) is 5.75 Å². The minimum atomic E-state index is -1.26. The molecular formula is C27H38N2O4S. The van der Waals surface area contributed by atoms with Crippen molar-refractivity contribution in [2.75, 3.05) is 33.3 Å². The van der Waals surface area contributed by atoms with Gasteiger partial charge in [0.2, 0.25) is 5.78 Å². The van der Waals surface area contributed by atoms with Crippen LogP contribution in [0.15, 0.2) is 47.4 Å². The van der Waals surface area contributed by atoms with E-state index in [4.69, 9.17) is 4.74 Å². The van der Waals surface area contributed by atoms with Crippen LogP contribution in [0.3, 0.4) is 0 Å². The zero-order valence-electron chi connectivity index (χ0n) is 20.6. The number of carbonyl (C=O) groups is 1. The van der Waals surface area contributed by atoms with E-state index in [1.807, 2.05) is 22.4 Å². The first-order chi connectivity index (χ1) is 16.5. The summed E-state index contributed by atoms with van der Waals surface area (Å²) in [5, 5.41) is 24.0. The Morgan fingerprint density at radius 3 is 2.26 bits per heavy atom. The van der Waals surface area contributed by atoms with Crippen molar-refractivity contribution in [3.05, 3.63) is 57.8 Å². The topological polar surface area (TPSA) is 73.2 Å². The van der Waals surface area contributed by atoms with Crippen molar-refractivity contribution in [3.63, 3.8) is 0 Å². The highest BCUT2D eigenvalue weighted by atomic mass is 32.1. The van der Waals surface area contributed by atoms with Crippen LogP contribution >= 0.6 is 11.3 Å². The number of aliphatic hydroxyl groups is 2. The molecule has 2 N–H and O–H groups in total. The van der Waals surface area contributed by atoms with Gasteiger partial charge in [-0.25, -0.2) is 0 Å². The molecule has 0 bridgehead atoms. The molecule has 0 unspecified atom stereocenters. The van der Waals surface area contributed by atoms with E-state index in [9.17, 15) is 15.0 Å². The lowest BCUT2D eigenvalue weighted by Crippen LogP contribution is -2.37. The van der Waals surface area contributed by atoms with Gasteiger partial charge < -0.3 is 19.8 Å². The maximum Gasteiger partial charge on any atom is 0.208 e. The second-order valence-corrected chi connectivity index (χ2v) is 9.77. The van der Waals surface area contributed by atoms with Gasteiger partial charge in [0.15, 0.2) is 6.23 Å². The highest BCUT2D eigenvalue weighted by Gasteiger charge is 2.46. The normalized spacial score (nSPS) is 20.3. The van der Waals surface area contributed by atoms with E-state index in [2.05, 4.69) is 18.7 Å². The van der Waals surface area contributed by atoms with E-state index in [-0.39, 0.29) is 11.3 Å². The molecule has 1 saturated heterocycles. The monoisotopic (exact) mass is 486 g/mol. The van der Waals surface area contributed by atoms with Gasteiger partial charge in [0, 0.05) is 17.0 Å². The average Bonchev–Trinajstić information content (AvgIpc) is 3.47. The molecule has 186 valence electrons. The van der Waals surface area contributed by atoms with Crippen LogP contribution in [-0.4, -0.2) is 65.3 Å². The maximum absolute atomic E-state index is 13.2. The van der Waals surface area contributed by atoms with Gasteiger partial charge in [-0.05, 0) is 74.6 Å². The highest BCUT2D eigenvalue weighted by molar-refractivity contribution is 7.10. The van der Waals surface area contributed by atoms with Gasteiger partial charge >= 0.3 is 0 Å². The van der Waals surface area contributed by atoms with Crippen LogP contribution < -0.4 is 4.74 Å². The van der Waals surface area contributed by atoms with Crippen molar-refractivity contribution in [1.82, 2.24) is 9.80 Å². The van der Waals surface area contributed by atoms with E-state index >= 15 is 0 Å². The first kappa shape index (κ1) is 26.4. The van der Waals surface area contributed by atoms with Crippen molar-refractivity contribution < 1.29 is 19.7 Å². The number of hydrogen-bond acceptors (Lipinski definition) is 7. The average molecular weight is 487 g/mol. The van der Waals surface area contributed by atoms with Crippen molar-refractivity contribution in [2.24, 2.45) is 0 Å². The Balaban J connectivity index is 1.83. The molecular weight excluding hydrogens is 448 g/mol. The minimum absolute atomic E-state index is 0.0832. The number of Topliss-reactive ketones (excluding diaryl/α,β-unsaturated/α-hetero) is 1. The molecule has 0 saturated carbocycles. The predicted molar refractivity (Wildman–Crippen MR) is 138 cm³/mol. The highest BCUT2D eigenvalue weighted by Crippen LogP contribution is 2.42. The smallest absolute Gasteiger partial charge is 0.208 e. The van der Waals surface area contributed by atoms with Gasteiger partial charge in [-0.15, -0.1) is 11.3 Å². The third-order valence-electron chi connectivity index (χ3n) is 6.40. The van der Waals surface area contributed by atoms with E-state index in [0.717, 1.165) is 30.9 Å². The Bertz CT molecular complexity index is 919. The molecule has 3 rings (SSSR count). The largest absolute Gasteiger partial charge is 0.507 e. The SMILES string of the molecule is CCCCN(CCCC)CCCN1[C@H](O)C(=O)C(=C(O)c2ccc(OC)cc2)[C@H]1c1cccs1. The zero-order valence-corrected chi connectivity index (χ0v) is 21.4. The number of ketones is 1. The summed E-state index contributed by atoms with van der Waals surface area (Å²) >= 11 is 1.53. The fourth-order valence-corrected chi connectivity index (χ4v) is 5.32. The molecule has 1 aromatic heterocycles. The summed E-state index contributed by atoms with van der Waals surface area (Å²) in [5.74, 6) is 0.159. The molecule has 2 heterocycles. The van der Waals surface area contributed by atoms with Gasteiger partial charge in [-0.2, -0.15) is 0 Å². The first-order valence-electron chi connectivity index (χ1n) is 12.3. The zero-order chi connectivity index (χ0) is 24.5. The van der Waals surface area contributed by atoms with Gasteiger partial charge in [0.1, 0.15) is 11.5 Å². The van der Waals surface area contributed by atoms with E-state index in [0.29, 0.717) is 17.9 Å². The summed E-state index contributed by atoms with van der Waals surface area (Å²) in [6.45, 7) is 8.07. The Morgan fingerprint density at radius 2 is 1.71 bits per heavy atom.